The van der Waals surface area contributed by atoms with Gasteiger partial charge in [0.2, 0.25) is 5.91 Å². The second kappa shape index (κ2) is 10.2. The second-order valence-electron chi connectivity index (χ2n) is 8.87. The number of fused-ring (bicyclic) bond motifs is 1. The van der Waals surface area contributed by atoms with Gasteiger partial charge in [0.15, 0.2) is 0 Å². The molecule has 1 saturated heterocycles. The van der Waals surface area contributed by atoms with Crippen LogP contribution in [-0.4, -0.2) is 71.3 Å². The molecule has 0 radical (unpaired) electrons. The van der Waals surface area contributed by atoms with E-state index < -0.39 is 6.10 Å². The smallest absolute Gasteiger partial charge is 0.254 e. The summed E-state index contributed by atoms with van der Waals surface area (Å²) in [7, 11) is 1.53. The summed E-state index contributed by atoms with van der Waals surface area (Å²) in [5.41, 5.74) is 3.57. The van der Waals surface area contributed by atoms with Crippen molar-refractivity contribution in [2.24, 2.45) is 5.92 Å². The number of hydrogen-bond acceptors (Lipinski definition) is 6. The Balaban J connectivity index is 1.47. The maximum Gasteiger partial charge on any atom is 0.254 e. The van der Waals surface area contributed by atoms with Crippen LogP contribution in [0.5, 0.6) is 5.75 Å². The molecular formula is C26H29N3O5. The number of aliphatic hydroxyl groups is 2. The molecule has 2 aromatic carbocycles. The first-order chi connectivity index (χ1) is 16.4. The molecule has 2 aliphatic heterocycles. The van der Waals surface area contributed by atoms with Crippen molar-refractivity contribution in [2.75, 3.05) is 33.4 Å². The van der Waals surface area contributed by atoms with Gasteiger partial charge in [-0.25, -0.2) is 0 Å². The lowest BCUT2D eigenvalue weighted by Gasteiger charge is -2.36. The first kappa shape index (κ1) is 23.7. The molecule has 34 heavy (non-hydrogen) atoms. The molecular weight excluding hydrogens is 434 g/mol. The van der Waals surface area contributed by atoms with E-state index in [1.165, 1.54) is 7.11 Å². The molecule has 0 aromatic heterocycles. The Labute approximate surface area is 199 Å². The summed E-state index contributed by atoms with van der Waals surface area (Å²) in [6, 6.07) is 12.8. The van der Waals surface area contributed by atoms with Crippen LogP contribution in [0.1, 0.15) is 39.0 Å². The van der Waals surface area contributed by atoms with E-state index in [-0.39, 0.29) is 37.3 Å². The number of likely N-dealkylation sites (tertiary alicyclic amines) is 1. The van der Waals surface area contributed by atoms with Crippen molar-refractivity contribution in [2.45, 2.75) is 31.9 Å². The molecule has 2 aliphatic rings. The summed E-state index contributed by atoms with van der Waals surface area (Å²) >= 11 is 0. The average molecular weight is 464 g/mol. The highest BCUT2D eigenvalue weighted by Gasteiger charge is 2.32. The number of benzene rings is 2. The largest absolute Gasteiger partial charge is 0.497 e. The minimum absolute atomic E-state index is 0.0711. The van der Waals surface area contributed by atoms with Crippen LogP contribution in [0, 0.1) is 17.2 Å². The van der Waals surface area contributed by atoms with Crippen LogP contribution in [0.2, 0.25) is 0 Å². The van der Waals surface area contributed by atoms with Gasteiger partial charge in [-0.15, -0.1) is 0 Å². The van der Waals surface area contributed by atoms with Gasteiger partial charge in [-0.2, -0.15) is 5.26 Å². The number of amides is 2. The highest BCUT2D eigenvalue weighted by Crippen LogP contribution is 2.27. The Morgan fingerprint density at radius 1 is 1.21 bits per heavy atom. The van der Waals surface area contributed by atoms with Crippen LogP contribution in [0.4, 0.5) is 0 Å². The summed E-state index contributed by atoms with van der Waals surface area (Å²) < 4.78 is 5.16. The van der Waals surface area contributed by atoms with E-state index in [9.17, 15) is 25.1 Å². The predicted octanol–water partition coefficient (Wildman–Crippen LogP) is 1.51. The van der Waals surface area contributed by atoms with E-state index in [1.807, 2.05) is 12.1 Å². The zero-order valence-corrected chi connectivity index (χ0v) is 19.2. The van der Waals surface area contributed by atoms with E-state index in [0.717, 1.165) is 11.1 Å². The van der Waals surface area contributed by atoms with Crippen LogP contribution in [-0.2, 0) is 24.2 Å². The lowest BCUT2D eigenvalue weighted by atomic mass is 9.91. The highest BCUT2D eigenvalue weighted by molar-refractivity contribution is 5.96. The SMILES string of the molecule is COc1ccc(CC(=O)N2CCc3c(cccc3C(=O)N3CCC(CO)C(O)C3)C2)c(C#N)c1. The van der Waals surface area contributed by atoms with E-state index >= 15 is 0 Å². The maximum absolute atomic E-state index is 13.2. The first-order valence-corrected chi connectivity index (χ1v) is 11.5. The highest BCUT2D eigenvalue weighted by atomic mass is 16.5. The number of hydrogen-bond donors (Lipinski definition) is 2. The third kappa shape index (κ3) is 4.76. The summed E-state index contributed by atoms with van der Waals surface area (Å²) in [5.74, 6) is 0.188. The molecule has 0 saturated carbocycles. The summed E-state index contributed by atoms with van der Waals surface area (Å²) in [5, 5.41) is 29.0. The number of carbonyl (C=O) groups excluding carboxylic acids is 2. The quantitative estimate of drug-likeness (QED) is 0.695. The van der Waals surface area contributed by atoms with Gasteiger partial charge in [0, 0.05) is 44.3 Å². The second-order valence-corrected chi connectivity index (χ2v) is 8.87. The van der Waals surface area contributed by atoms with E-state index in [4.69, 9.17) is 4.74 Å². The van der Waals surface area contributed by atoms with Crippen LogP contribution >= 0.6 is 0 Å². The minimum Gasteiger partial charge on any atom is -0.497 e. The van der Waals surface area contributed by atoms with Gasteiger partial charge in [0.1, 0.15) is 5.75 Å². The van der Waals surface area contributed by atoms with Crippen molar-refractivity contribution in [3.05, 3.63) is 64.2 Å². The number of β-amino-alcohol motifs (C(OH)–C–C–N with tert-alkyl or cyclic N) is 1. The van der Waals surface area contributed by atoms with Gasteiger partial charge in [-0.05, 0) is 47.7 Å². The molecule has 2 aromatic rings. The third-order valence-corrected chi connectivity index (χ3v) is 6.87. The molecule has 1 fully saturated rings. The van der Waals surface area contributed by atoms with Gasteiger partial charge in [-0.1, -0.05) is 18.2 Å². The number of carbonyl (C=O) groups is 2. The minimum atomic E-state index is -0.730. The molecule has 4 rings (SSSR count). The zero-order valence-electron chi connectivity index (χ0n) is 19.2. The number of rotatable bonds is 5. The van der Waals surface area contributed by atoms with Crippen molar-refractivity contribution in [1.82, 2.24) is 9.80 Å². The monoisotopic (exact) mass is 463 g/mol. The maximum atomic E-state index is 13.2. The molecule has 2 amide bonds. The molecule has 2 unspecified atom stereocenters. The molecule has 2 N–H and O–H groups in total. The van der Waals surface area contributed by atoms with Crippen LogP contribution < -0.4 is 4.74 Å². The van der Waals surface area contributed by atoms with E-state index in [0.29, 0.717) is 54.9 Å². The normalized spacial score (nSPS) is 19.8. The van der Waals surface area contributed by atoms with Crippen LogP contribution in [0.25, 0.3) is 0 Å². The number of aliphatic hydroxyl groups excluding tert-OH is 2. The van der Waals surface area contributed by atoms with Crippen LogP contribution in [0.15, 0.2) is 36.4 Å². The summed E-state index contributed by atoms with van der Waals surface area (Å²) in [6.07, 6.45) is 0.522. The standard InChI is InChI=1S/C26H29N3O5/c1-34-21-6-5-17(20(11-21)13-27)12-25(32)28-10-8-22-18(14-28)3-2-4-23(22)26(33)29-9-7-19(16-30)24(31)15-29/h2-6,11,19,24,30-31H,7-10,12,14-16H2,1H3. The Morgan fingerprint density at radius 3 is 2.74 bits per heavy atom. The molecule has 2 heterocycles. The van der Waals surface area contributed by atoms with E-state index in [2.05, 4.69) is 6.07 Å². The van der Waals surface area contributed by atoms with Gasteiger partial charge in [0.25, 0.3) is 5.91 Å². The van der Waals surface area contributed by atoms with Crippen molar-refractivity contribution < 1.29 is 24.5 Å². The predicted molar refractivity (Wildman–Crippen MR) is 124 cm³/mol. The fourth-order valence-electron chi connectivity index (χ4n) is 4.79. The lowest BCUT2D eigenvalue weighted by Crippen LogP contribution is -2.48. The van der Waals surface area contributed by atoms with E-state index in [1.54, 1.807) is 34.1 Å². The van der Waals surface area contributed by atoms with Crippen molar-refractivity contribution in [3.8, 4) is 11.8 Å². The number of piperidine rings is 1. The molecule has 8 nitrogen and oxygen atoms in total. The number of nitrogens with zero attached hydrogens (tertiary/aromatic N) is 3. The molecule has 178 valence electrons. The Hall–Kier alpha value is -3.41. The van der Waals surface area contributed by atoms with Gasteiger partial charge in [0.05, 0.1) is 31.3 Å². The zero-order chi connectivity index (χ0) is 24.2. The van der Waals surface area contributed by atoms with Crippen molar-refractivity contribution >= 4 is 11.8 Å². The topological polar surface area (TPSA) is 114 Å². The summed E-state index contributed by atoms with van der Waals surface area (Å²) in [4.78, 5) is 29.7. The molecule has 2 atom stereocenters. The van der Waals surface area contributed by atoms with Gasteiger partial charge < -0.3 is 24.7 Å². The fraction of sp³-hybridized carbons (Fsp3) is 0.423. The third-order valence-electron chi connectivity index (χ3n) is 6.87. The summed E-state index contributed by atoms with van der Waals surface area (Å²) in [6.45, 7) is 1.52. The van der Waals surface area contributed by atoms with Crippen LogP contribution in [0.3, 0.4) is 0 Å². The number of nitriles is 1. The van der Waals surface area contributed by atoms with Crippen molar-refractivity contribution in [1.29, 1.82) is 5.26 Å². The average Bonchev–Trinajstić information content (AvgIpc) is 2.87. The fourth-order valence-corrected chi connectivity index (χ4v) is 4.79. The first-order valence-electron chi connectivity index (χ1n) is 11.5. The Bertz CT molecular complexity index is 1130. The molecule has 0 bridgehead atoms. The number of methoxy groups -OCH3 is 1. The van der Waals surface area contributed by atoms with Crippen molar-refractivity contribution in [3.63, 3.8) is 0 Å². The van der Waals surface area contributed by atoms with Gasteiger partial charge in [-0.3, -0.25) is 9.59 Å². The lowest BCUT2D eigenvalue weighted by molar-refractivity contribution is -0.131. The number of ether oxygens (including phenoxy) is 1. The Kier molecular flexibility index (Phi) is 7.15. The molecule has 8 heteroatoms. The van der Waals surface area contributed by atoms with Gasteiger partial charge >= 0.3 is 0 Å². The molecule has 0 aliphatic carbocycles. The molecule has 0 spiro atoms. The Morgan fingerprint density at radius 2 is 2.03 bits per heavy atom.